The van der Waals surface area contributed by atoms with Crippen LogP contribution in [-0.4, -0.2) is 35.8 Å². The Hall–Kier alpha value is -2.76. The van der Waals surface area contributed by atoms with Gasteiger partial charge in [0.2, 0.25) is 0 Å². The summed E-state index contributed by atoms with van der Waals surface area (Å²) < 4.78 is 7.37. The lowest BCUT2D eigenvalue weighted by Crippen LogP contribution is -2.37. The number of rotatable bonds is 9. The van der Waals surface area contributed by atoms with Crippen molar-refractivity contribution < 1.29 is 9.53 Å². The van der Waals surface area contributed by atoms with Crippen molar-refractivity contribution in [3.05, 3.63) is 88.7 Å². The molecular weight excluding hydrogens is 398 g/mol. The first kappa shape index (κ1) is 21.9. The molecule has 0 spiro atoms. The fraction of sp³-hybridized carbons (Fsp3) is 0.292. The average Bonchev–Trinajstić information content (AvgIpc) is 3.18. The predicted octanol–water partition coefficient (Wildman–Crippen LogP) is 5.43. The van der Waals surface area contributed by atoms with E-state index in [1.807, 2.05) is 66.9 Å². The SMILES string of the molecule is CCc1ccccc1NC(=O)N(CCOC)Cc1cccn1Cc1cccc(Cl)c1. The Labute approximate surface area is 183 Å². The van der Waals surface area contributed by atoms with Gasteiger partial charge in [-0.05, 0) is 47.9 Å². The van der Waals surface area contributed by atoms with Crippen LogP contribution in [-0.2, 0) is 24.2 Å². The molecule has 0 bridgehead atoms. The number of amides is 2. The van der Waals surface area contributed by atoms with Crippen molar-refractivity contribution >= 4 is 23.3 Å². The van der Waals surface area contributed by atoms with Crippen LogP contribution < -0.4 is 5.32 Å². The Bertz CT molecular complexity index is 970. The number of para-hydroxylation sites is 1. The number of benzene rings is 2. The third-order valence-corrected chi connectivity index (χ3v) is 5.25. The van der Waals surface area contributed by atoms with E-state index < -0.39 is 0 Å². The van der Waals surface area contributed by atoms with Crippen LogP contribution in [0.3, 0.4) is 0 Å². The van der Waals surface area contributed by atoms with Gasteiger partial charge in [0.1, 0.15) is 0 Å². The van der Waals surface area contributed by atoms with Crippen molar-refractivity contribution in [2.45, 2.75) is 26.4 Å². The molecule has 2 aromatic carbocycles. The Morgan fingerprint density at radius 3 is 2.73 bits per heavy atom. The van der Waals surface area contributed by atoms with Crippen molar-refractivity contribution in [3.8, 4) is 0 Å². The van der Waals surface area contributed by atoms with Gasteiger partial charge in [-0.3, -0.25) is 0 Å². The summed E-state index contributed by atoms with van der Waals surface area (Å²) in [6.07, 6.45) is 2.88. The summed E-state index contributed by atoms with van der Waals surface area (Å²) in [5.41, 5.74) is 4.12. The summed E-state index contributed by atoms with van der Waals surface area (Å²) in [6.45, 7) is 4.23. The zero-order valence-electron chi connectivity index (χ0n) is 17.5. The van der Waals surface area contributed by atoms with Crippen LogP contribution in [0.4, 0.5) is 10.5 Å². The van der Waals surface area contributed by atoms with Crippen molar-refractivity contribution in [2.75, 3.05) is 25.6 Å². The number of nitrogens with one attached hydrogen (secondary N) is 1. The lowest BCUT2D eigenvalue weighted by atomic mass is 10.1. The highest BCUT2D eigenvalue weighted by molar-refractivity contribution is 6.30. The van der Waals surface area contributed by atoms with E-state index in [0.29, 0.717) is 26.2 Å². The van der Waals surface area contributed by atoms with Gasteiger partial charge < -0.3 is 19.5 Å². The zero-order chi connectivity index (χ0) is 21.3. The highest BCUT2D eigenvalue weighted by Crippen LogP contribution is 2.18. The minimum Gasteiger partial charge on any atom is -0.383 e. The molecule has 1 N–H and O–H groups in total. The zero-order valence-corrected chi connectivity index (χ0v) is 18.2. The van der Waals surface area contributed by atoms with Gasteiger partial charge >= 0.3 is 6.03 Å². The van der Waals surface area contributed by atoms with E-state index in [-0.39, 0.29) is 6.03 Å². The Morgan fingerprint density at radius 2 is 1.97 bits per heavy atom. The molecule has 1 heterocycles. The molecule has 3 aromatic rings. The maximum atomic E-state index is 13.1. The number of anilines is 1. The molecule has 6 heteroatoms. The first-order valence-corrected chi connectivity index (χ1v) is 10.5. The smallest absolute Gasteiger partial charge is 0.322 e. The molecule has 3 rings (SSSR count). The number of hydrogen-bond donors (Lipinski definition) is 1. The molecule has 158 valence electrons. The average molecular weight is 426 g/mol. The first-order chi connectivity index (χ1) is 14.6. The number of methoxy groups -OCH3 is 1. The standard InChI is InChI=1S/C24H28ClN3O2/c1-3-20-9-4-5-12-23(20)26-24(29)28(14-15-30-2)18-22-11-7-13-27(22)17-19-8-6-10-21(25)16-19/h4-13,16H,3,14-15,17-18H2,1-2H3,(H,26,29). The fourth-order valence-electron chi connectivity index (χ4n) is 3.37. The van der Waals surface area contributed by atoms with Crippen LogP contribution in [0.2, 0.25) is 5.02 Å². The predicted molar refractivity (Wildman–Crippen MR) is 122 cm³/mol. The number of ether oxygens (including phenoxy) is 1. The Balaban J connectivity index is 1.75. The largest absolute Gasteiger partial charge is 0.383 e. The topological polar surface area (TPSA) is 46.5 Å². The number of aromatic nitrogens is 1. The Morgan fingerprint density at radius 1 is 1.13 bits per heavy atom. The molecule has 0 unspecified atom stereocenters. The van der Waals surface area contributed by atoms with E-state index in [1.54, 1.807) is 12.0 Å². The summed E-state index contributed by atoms with van der Waals surface area (Å²) in [7, 11) is 1.64. The molecule has 0 aliphatic carbocycles. The summed E-state index contributed by atoms with van der Waals surface area (Å²) in [4.78, 5) is 14.8. The second-order valence-electron chi connectivity index (χ2n) is 7.11. The molecule has 30 heavy (non-hydrogen) atoms. The number of hydrogen-bond acceptors (Lipinski definition) is 2. The lowest BCUT2D eigenvalue weighted by Gasteiger charge is -2.24. The normalized spacial score (nSPS) is 10.8. The van der Waals surface area contributed by atoms with Crippen LogP contribution in [0.5, 0.6) is 0 Å². The highest BCUT2D eigenvalue weighted by Gasteiger charge is 2.17. The number of halogens is 1. The first-order valence-electron chi connectivity index (χ1n) is 10.1. The molecule has 0 aliphatic rings. The summed E-state index contributed by atoms with van der Waals surface area (Å²) in [5.74, 6) is 0. The quantitative estimate of drug-likeness (QED) is 0.496. The molecule has 2 amide bonds. The van der Waals surface area contributed by atoms with Gasteiger partial charge in [0.25, 0.3) is 0 Å². The van der Waals surface area contributed by atoms with Gasteiger partial charge in [-0.15, -0.1) is 0 Å². The molecule has 5 nitrogen and oxygen atoms in total. The van der Waals surface area contributed by atoms with E-state index >= 15 is 0 Å². The van der Waals surface area contributed by atoms with Crippen molar-refractivity contribution in [1.29, 1.82) is 0 Å². The second-order valence-corrected chi connectivity index (χ2v) is 7.55. The van der Waals surface area contributed by atoms with Crippen LogP contribution in [0.15, 0.2) is 66.9 Å². The van der Waals surface area contributed by atoms with Gasteiger partial charge in [0.15, 0.2) is 0 Å². The number of aryl methyl sites for hydroxylation is 1. The summed E-state index contributed by atoms with van der Waals surface area (Å²) in [5, 5.41) is 3.78. The van der Waals surface area contributed by atoms with Crippen LogP contribution >= 0.6 is 11.6 Å². The summed E-state index contributed by atoms with van der Waals surface area (Å²) in [6, 6.07) is 19.6. The van der Waals surface area contributed by atoms with Gasteiger partial charge in [0.05, 0.1) is 13.2 Å². The van der Waals surface area contributed by atoms with Gasteiger partial charge in [-0.1, -0.05) is 48.9 Å². The molecule has 1 aromatic heterocycles. The van der Waals surface area contributed by atoms with Gasteiger partial charge in [-0.2, -0.15) is 0 Å². The van der Waals surface area contributed by atoms with Crippen LogP contribution in [0.1, 0.15) is 23.7 Å². The molecule has 0 radical (unpaired) electrons. The fourth-order valence-corrected chi connectivity index (χ4v) is 3.59. The van der Waals surface area contributed by atoms with Crippen LogP contribution in [0.25, 0.3) is 0 Å². The van der Waals surface area contributed by atoms with E-state index in [1.165, 1.54) is 0 Å². The van der Waals surface area contributed by atoms with E-state index in [9.17, 15) is 4.79 Å². The Kier molecular flexibility index (Phi) is 7.94. The molecule has 0 aliphatic heterocycles. The maximum absolute atomic E-state index is 13.1. The lowest BCUT2D eigenvalue weighted by molar-refractivity contribution is 0.152. The highest BCUT2D eigenvalue weighted by atomic mass is 35.5. The van der Waals surface area contributed by atoms with E-state index in [4.69, 9.17) is 16.3 Å². The number of carbonyl (C=O) groups is 1. The number of carbonyl (C=O) groups excluding carboxylic acids is 1. The third-order valence-electron chi connectivity index (χ3n) is 5.01. The minimum atomic E-state index is -0.136. The van der Waals surface area contributed by atoms with E-state index in [2.05, 4.69) is 16.8 Å². The van der Waals surface area contributed by atoms with Gasteiger partial charge in [0, 0.05) is 42.8 Å². The molecule has 0 saturated heterocycles. The number of urea groups is 1. The van der Waals surface area contributed by atoms with Crippen molar-refractivity contribution in [2.24, 2.45) is 0 Å². The van der Waals surface area contributed by atoms with Crippen molar-refractivity contribution in [1.82, 2.24) is 9.47 Å². The minimum absolute atomic E-state index is 0.136. The van der Waals surface area contributed by atoms with E-state index in [0.717, 1.165) is 34.0 Å². The second kappa shape index (κ2) is 10.9. The molecule has 0 fully saturated rings. The molecule has 0 saturated carbocycles. The third kappa shape index (κ3) is 5.88. The van der Waals surface area contributed by atoms with Crippen LogP contribution in [0, 0.1) is 0 Å². The summed E-state index contributed by atoms with van der Waals surface area (Å²) >= 11 is 6.13. The monoisotopic (exact) mass is 425 g/mol. The maximum Gasteiger partial charge on any atom is 0.322 e. The molecular formula is C24H28ClN3O2. The molecule has 0 atom stereocenters. The number of nitrogens with zero attached hydrogens (tertiary/aromatic N) is 2. The van der Waals surface area contributed by atoms with Gasteiger partial charge in [-0.25, -0.2) is 4.79 Å². The van der Waals surface area contributed by atoms with Crippen molar-refractivity contribution in [3.63, 3.8) is 0 Å².